The van der Waals surface area contributed by atoms with Crippen molar-refractivity contribution < 1.29 is 4.74 Å². The molecular weight excluding hydrogens is 396 g/mol. The molecule has 1 aliphatic rings. The van der Waals surface area contributed by atoms with Crippen LogP contribution >= 0.6 is 11.3 Å². The third-order valence-corrected chi connectivity index (χ3v) is 6.00. The van der Waals surface area contributed by atoms with Gasteiger partial charge < -0.3 is 15.4 Å². The molecule has 0 bridgehead atoms. The second-order valence-electron chi connectivity index (χ2n) is 7.61. The van der Waals surface area contributed by atoms with Crippen LogP contribution in [0.2, 0.25) is 0 Å². The van der Waals surface area contributed by atoms with Crippen LogP contribution in [0.15, 0.2) is 30.5 Å². The molecule has 0 unspecified atom stereocenters. The van der Waals surface area contributed by atoms with Crippen LogP contribution in [-0.2, 0) is 6.54 Å². The zero-order chi connectivity index (χ0) is 20.8. The lowest BCUT2D eigenvalue weighted by Gasteiger charge is -2.15. The Labute approximate surface area is 181 Å². The van der Waals surface area contributed by atoms with Crippen LogP contribution in [0.25, 0.3) is 10.6 Å². The zero-order valence-electron chi connectivity index (χ0n) is 17.5. The van der Waals surface area contributed by atoms with Gasteiger partial charge in [0.15, 0.2) is 5.13 Å². The molecule has 2 N–H and O–H groups in total. The number of aromatic nitrogens is 4. The summed E-state index contributed by atoms with van der Waals surface area (Å²) in [5.41, 5.74) is 2.72. The van der Waals surface area contributed by atoms with E-state index in [4.69, 9.17) is 4.74 Å². The Bertz CT molecular complexity index is 968. The van der Waals surface area contributed by atoms with E-state index in [1.165, 1.54) is 25.7 Å². The van der Waals surface area contributed by atoms with E-state index in [0.717, 1.165) is 52.3 Å². The van der Waals surface area contributed by atoms with Crippen LogP contribution < -0.4 is 15.4 Å². The van der Waals surface area contributed by atoms with Crippen LogP contribution in [0.4, 0.5) is 10.9 Å². The standard InChI is InChI=1S/C22H28N6OS/c1-15-12-18(27-21(25-15)29-17-9-5-3-4-6-10-17)19-14-24-22(30-19)28-20-11-7-8-16(26-20)13-23-2/h7-8,11-12,14,17,23H,3-6,9-10,13H2,1-2H3,(H,24,26,28). The average molecular weight is 425 g/mol. The van der Waals surface area contributed by atoms with Gasteiger partial charge in [-0.15, -0.1) is 0 Å². The Kier molecular flexibility index (Phi) is 6.86. The number of hydrogen-bond donors (Lipinski definition) is 2. The van der Waals surface area contributed by atoms with Gasteiger partial charge >= 0.3 is 6.01 Å². The third kappa shape index (κ3) is 5.52. The fourth-order valence-electron chi connectivity index (χ4n) is 3.62. The lowest BCUT2D eigenvalue weighted by molar-refractivity contribution is 0.168. The first-order valence-electron chi connectivity index (χ1n) is 10.6. The summed E-state index contributed by atoms with van der Waals surface area (Å²) < 4.78 is 6.15. The van der Waals surface area contributed by atoms with Crippen molar-refractivity contribution in [2.24, 2.45) is 0 Å². The van der Waals surface area contributed by atoms with Gasteiger partial charge in [-0.1, -0.05) is 30.2 Å². The predicted molar refractivity (Wildman–Crippen MR) is 120 cm³/mol. The molecule has 0 spiro atoms. The van der Waals surface area contributed by atoms with Gasteiger partial charge in [0.1, 0.15) is 11.9 Å². The summed E-state index contributed by atoms with van der Waals surface area (Å²) in [6.07, 6.45) is 9.25. The monoisotopic (exact) mass is 424 g/mol. The fraction of sp³-hybridized carbons (Fsp3) is 0.455. The number of rotatable bonds is 7. The maximum atomic E-state index is 6.15. The molecule has 3 aromatic heterocycles. The summed E-state index contributed by atoms with van der Waals surface area (Å²) in [4.78, 5) is 19.2. The quantitative estimate of drug-likeness (QED) is 0.524. The number of hydrogen-bond acceptors (Lipinski definition) is 8. The summed E-state index contributed by atoms with van der Waals surface area (Å²) in [6, 6.07) is 8.37. The van der Waals surface area contributed by atoms with E-state index in [-0.39, 0.29) is 6.10 Å². The van der Waals surface area contributed by atoms with Gasteiger partial charge in [0.05, 0.1) is 16.3 Å². The highest BCUT2D eigenvalue weighted by atomic mass is 32.1. The van der Waals surface area contributed by atoms with Gasteiger partial charge in [0.2, 0.25) is 0 Å². The maximum Gasteiger partial charge on any atom is 0.317 e. The molecule has 0 saturated heterocycles. The second kappa shape index (κ2) is 9.95. The molecule has 1 fully saturated rings. The van der Waals surface area contributed by atoms with E-state index < -0.39 is 0 Å². The van der Waals surface area contributed by atoms with Crippen molar-refractivity contribution in [1.29, 1.82) is 0 Å². The average Bonchev–Trinajstić information content (AvgIpc) is 3.04. The van der Waals surface area contributed by atoms with Crippen LogP contribution in [0.1, 0.15) is 49.9 Å². The van der Waals surface area contributed by atoms with Crippen molar-refractivity contribution in [2.45, 2.75) is 58.1 Å². The minimum absolute atomic E-state index is 0.219. The molecule has 1 aliphatic carbocycles. The van der Waals surface area contributed by atoms with Crippen molar-refractivity contribution in [3.05, 3.63) is 41.9 Å². The van der Waals surface area contributed by atoms with Gasteiger partial charge in [0.25, 0.3) is 0 Å². The summed E-state index contributed by atoms with van der Waals surface area (Å²) in [5, 5.41) is 7.18. The molecular formula is C22H28N6OS. The molecule has 4 rings (SSSR count). The zero-order valence-corrected chi connectivity index (χ0v) is 18.3. The van der Waals surface area contributed by atoms with E-state index in [1.54, 1.807) is 11.3 Å². The normalized spacial score (nSPS) is 15.0. The molecule has 3 aromatic rings. The first-order valence-corrected chi connectivity index (χ1v) is 11.4. The van der Waals surface area contributed by atoms with Gasteiger partial charge in [-0.05, 0) is 57.9 Å². The van der Waals surface area contributed by atoms with Crippen LogP contribution in [0.3, 0.4) is 0 Å². The minimum atomic E-state index is 0.219. The highest BCUT2D eigenvalue weighted by Gasteiger charge is 2.17. The summed E-state index contributed by atoms with van der Waals surface area (Å²) in [6.45, 7) is 2.70. The molecule has 0 atom stereocenters. The van der Waals surface area contributed by atoms with Gasteiger partial charge in [-0.2, -0.15) is 4.98 Å². The van der Waals surface area contributed by atoms with E-state index in [1.807, 2.05) is 44.4 Å². The Morgan fingerprint density at radius 3 is 2.73 bits per heavy atom. The van der Waals surface area contributed by atoms with Gasteiger partial charge in [-0.25, -0.2) is 15.0 Å². The number of ether oxygens (including phenoxy) is 1. The fourth-order valence-corrected chi connectivity index (χ4v) is 4.40. The SMILES string of the molecule is CNCc1cccc(Nc2ncc(-c3cc(C)nc(OC4CCCCCC4)n3)s2)n1. The molecule has 30 heavy (non-hydrogen) atoms. The molecule has 0 amide bonds. The number of aryl methyl sites for hydroxylation is 1. The smallest absolute Gasteiger partial charge is 0.317 e. The topological polar surface area (TPSA) is 84.9 Å². The number of nitrogens with zero attached hydrogens (tertiary/aromatic N) is 4. The Hall–Kier alpha value is -2.58. The van der Waals surface area contributed by atoms with E-state index in [0.29, 0.717) is 6.01 Å². The molecule has 0 aromatic carbocycles. The highest BCUT2D eigenvalue weighted by Crippen LogP contribution is 2.31. The number of thiazole rings is 1. The second-order valence-corrected chi connectivity index (χ2v) is 8.64. The minimum Gasteiger partial charge on any atom is -0.460 e. The molecule has 3 heterocycles. The highest BCUT2D eigenvalue weighted by molar-refractivity contribution is 7.18. The van der Waals surface area contributed by atoms with Crippen molar-refractivity contribution >= 4 is 22.3 Å². The molecule has 7 nitrogen and oxygen atoms in total. The van der Waals surface area contributed by atoms with E-state index in [2.05, 4.69) is 30.6 Å². The van der Waals surface area contributed by atoms with Gasteiger partial charge in [0, 0.05) is 18.4 Å². The van der Waals surface area contributed by atoms with Crippen molar-refractivity contribution in [2.75, 3.05) is 12.4 Å². The van der Waals surface area contributed by atoms with Crippen LogP contribution in [-0.4, -0.2) is 33.1 Å². The lowest BCUT2D eigenvalue weighted by Crippen LogP contribution is -2.17. The Morgan fingerprint density at radius 1 is 1.10 bits per heavy atom. The molecule has 8 heteroatoms. The van der Waals surface area contributed by atoms with Crippen molar-refractivity contribution in [3.8, 4) is 16.6 Å². The van der Waals surface area contributed by atoms with Crippen molar-refractivity contribution in [1.82, 2.24) is 25.3 Å². The molecule has 158 valence electrons. The maximum absolute atomic E-state index is 6.15. The summed E-state index contributed by atoms with van der Waals surface area (Å²) >= 11 is 1.54. The van der Waals surface area contributed by atoms with Crippen LogP contribution in [0, 0.1) is 6.92 Å². The largest absolute Gasteiger partial charge is 0.460 e. The summed E-state index contributed by atoms with van der Waals surface area (Å²) in [5.74, 6) is 0.778. The first kappa shape index (κ1) is 20.7. The van der Waals surface area contributed by atoms with Gasteiger partial charge in [-0.3, -0.25) is 0 Å². The molecule has 0 aliphatic heterocycles. The molecule has 1 saturated carbocycles. The lowest BCUT2D eigenvalue weighted by atomic mass is 10.2. The first-order chi connectivity index (χ1) is 14.7. The number of pyridine rings is 1. The Morgan fingerprint density at radius 2 is 1.93 bits per heavy atom. The summed E-state index contributed by atoms with van der Waals surface area (Å²) in [7, 11) is 1.91. The van der Waals surface area contributed by atoms with E-state index in [9.17, 15) is 0 Å². The van der Waals surface area contributed by atoms with Crippen LogP contribution in [0.5, 0.6) is 6.01 Å². The Balaban J connectivity index is 1.48. The third-order valence-electron chi connectivity index (χ3n) is 5.07. The van der Waals surface area contributed by atoms with Crippen molar-refractivity contribution in [3.63, 3.8) is 0 Å². The molecule has 0 radical (unpaired) electrons. The number of anilines is 2. The van der Waals surface area contributed by atoms with E-state index >= 15 is 0 Å². The predicted octanol–water partition coefficient (Wildman–Crippen LogP) is 4.87. The number of nitrogens with one attached hydrogen (secondary N) is 2.